The first-order valence-corrected chi connectivity index (χ1v) is 7.59. The van der Waals surface area contributed by atoms with Crippen LogP contribution in [0.3, 0.4) is 0 Å². The lowest BCUT2D eigenvalue weighted by Gasteiger charge is -2.18. The fourth-order valence-electron chi connectivity index (χ4n) is 2.55. The van der Waals surface area contributed by atoms with E-state index in [1.807, 2.05) is 0 Å². The summed E-state index contributed by atoms with van der Waals surface area (Å²) in [4.78, 5) is 8.71. The molecule has 0 fully saturated rings. The number of hydrogen-bond donors (Lipinski definition) is 2. The van der Waals surface area contributed by atoms with Gasteiger partial charge in [-0.2, -0.15) is 23.0 Å². The SMILES string of the molecule is CNc1nc(N)nc(-c2ccc(-c3nnn(C)n3)cc2OC)c1C(F)(F)F. The number of nitrogens with two attached hydrogens (primary N) is 1. The monoisotopic (exact) mass is 380 g/mol. The molecule has 12 heteroatoms. The smallest absolute Gasteiger partial charge is 0.422 e. The highest BCUT2D eigenvalue weighted by molar-refractivity contribution is 5.78. The summed E-state index contributed by atoms with van der Waals surface area (Å²) in [6.07, 6.45) is -4.71. The van der Waals surface area contributed by atoms with Crippen LogP contribution in [0.2, 0.25) is 0 Å². The maximum Gasteiger partial charge on any atom is 0.422 e. The minimum Gasteiger partial charge on any atom is -0.496 e. The van der Waals surface area contributed by atoms with E-state index < -0.39 is 23.3 Å². The summed E-state index contributed by atoms with van der Waals surface area (Å²) in [6.45, 7) is 0. The molecule has 1 aromatic carbocycles. The molecule has 9 nitrogen and oxygen atoms in total. The van der Waals surface area contributed by atoms with Crippen LogP contribution in [0.15, 0.2) is 18.2 Å². The first-order chi connectivity index (χ1) is 12.7. The van der Waals surface area contributed by atoms with Crippen molar-refractivity contribution in [2.45, 2.75) is 6.18 Å². The topological polar surface area (TPSA) is 117 Å². The second-order valence-electron chi connectivity index (χ2n) is 5.42. The summed E-state index contributed by atoms with van der Waals surface area (Å²) in [5, 5.41) is 14.1. The van der Waals surface area contributed by atoms with Crippen LogP contribution < -0.4 is 15.8 Å². The molecule has 0 atom stereocenters. The number of anilines is 2. The lowest BCUT2D eigenvalue weighted by Crippen LogP contribution is -2.15. The molecular formula is C15H15F3N8O. The molecule has 0 aliphatic rings. The van der Waals surface area contributed by atoms with Crippen LogP contribution in [-0.4, -0.2) is 44.3 Å². The Hall–Kier alpha value is -3.44. The molecule has 27 heavy (non-hydrogen) atoms. The molecule has 3 rings (SSSR count). The number of ether oxygens (including phenoxy) is 1. The third kappa shape index (κ3) is 3.45. The lowest BCUT2D eigenvalue weighted by molar-refractivity contribution is -0.136. The molecule has 2 aromatic heterocycles. The quantitative estimate of drug-likeness (QED) is 0.706. The second-order valence-corrected chi connectivity index (χ2v) is 5.42. The van der Waals surface area contributed by atoms with Gasteiger partial charge in [-0.05, 0) is 17.3 Å². The van der Waals surface area contributed by atoms with Gasteiger partial charge in [-0.25, -0.2) is 4.98 Å². The number of halogens is 3. The number of aryl methyl sites for hydroxylation is 1. The minimum atomic E-state index is -4.71. The maximum atomic E-state index is 13.7. The number of tetrazole rings is 1. The normalized spacial score (nSPS) is 11.5. The van der Waals surface area contributed by atoms with Crippen molar-refractivity contribution in [1.82, 2.24) is 30.2 Å². The highest BCUT2D eigenvalue weighted by Gasteiger charge is 2.39. The highest BCUT2D eigenvalue weighted by Crippen LogP contribution is 2.43. The Morgan fingerprint density at radius 3 is 2.52 bits per heavy atom. The van der Waals surface area contributed by atoms with Gasteiger partial charge in [0.15, 0.2) is 0 Å². The van der Waals surface area contributed by atoms with E-state index in [0.717, 1.165) is 0 Å². The Kier molecular flexibility index (Phi) is 4.56. The largest absolute Gasteiger partial charge is 0.496 e. The number of nitrogens with zero attached hydrogens (tertiary/aromatic N) is 6. The van der Waals surface area contributed by atoms with Crippen LogP contribution in [0.4, 0.5) is 24.9 Å². The minimum absolute atomic E-state index is 0.100. The third-order valence-corrected chi connectivity index (χ3v) is 3.67. The summed E-state index contributed by atoms with van der Waals surface area (Å²) in [7, 11) is 4.25. The van der Waals surface area contributed by atoms with E-state index in [9.17, 15) is 13.2 Å². The number of alkyl halides is 3. The molecule has 0 radical (unpaired) electrons. The molecule has 0 aliphatic heterocycles. The third-order valence-electron chi connectivity index (χ3n) is 3.67. The predicted molar refractivity (Wildman–Crippen MR) is 90.8 cm³/mol. The van der Waals surface area contributed by atoms with Crippen molar-refractivity contribution in [3.8, 4) is 28.4 Å². The molecule has 0 saturated carbocycles. The van der Waals surface area contributed by atoms with E-state index >= 15 is 0 Å². The van der Waals surface area contributed by atoms with Crippen molar-refractivity contribution in [2.24, 2.45) is 7.05 Å². The van der Waals surface area contributed by atoms with Crippen LogP contribution in [0, 0.1) is 0 Å². The van der Waals surface area contributed by atoms with E-state index in [1.165, 1.54) is 31.1 Å². The number of nitrogens with one attached hydrogen (secondary N) is 1. The average Bonchev–Trinajstić information content (AvgIpc) is 3.05. The number of rotatable bonds is 4. The highest BCUT2D eigenvalue weighted by atomic mass is 19.4. The van der Waals surface area contributed by atoms with Crippen LogP contribution in [0.25, 0.3) is 22.6 Å². The lowest BCUT2D eigenvalue weighted by atomic mass is 10.0. The van der Waals surface area contributed by atoms with Gasteiger partial charge in [-0.15, -0.1) is 10.2 Å². The van der Waals surface area contributed by atoms with E-state index in [2.05, 4.69) is 30.7 Å². The maximum absolute atomic E-state index is 13.7. The summed E-state index contributed by atoms with van der Waals surface area (Å²) >= 11 is 0. The van der Waals surface area contributed by atoms with Gasteiger partial charge in [-0.1, -0.05) is 6.07 Å². The molecule has 0 spiro atoms. The zero-order chi connectivity index (χ0) is 19.8. The number of hydrogen-bond acceptors (Lipinski definition) is 8. The van der Waals surface area contributed by atoms with Crippen LogP contribution in [0.5, 0.6) is 5.75 Å². The van der Waals surface area contributed by atoms with Gasteiger partial charge in [0.2, 0.25) is 11.8 Å². The standard InChI is InChI=1S/C15H15F3N8O/c1-20-13-10(15(16,17)18)11(21-14(19)22-13)8-5-4-7(6-9(8)27-3)12-23-25-26(2)24-12/h4-6H,1-3H3,(H3,19,20,21,22). The number of nitrogen functional groups attached to an aromatic ring is 1. The van der Waals surface area contributed by atoms with Crippen LogP contribution >= 0.6 is 0 Å². The molecular weight excluding hydrogens is 365 g/mol. The van der Waals surface area contributed by atoms with Crippen molar-refractivity contribution in [3.05, 3.63) is 23.8 Å². The zero-order valence-electron chi connectivity index (χ0n) is 14.5. The molecule has 3 aromatic rings. The van der Waals surface area contributed by atoms with E-state index in [-0.39, 0.29) is 17.3 Å². The summed E-state index contributed by atoms with van der Waals surface area (Å²) in [5.41, 5.74) is 4.79. The Balaban J connectivity index is 2.23. The summed E-state index contributed by atoms with van der Waals surface area (Å²) < 4.78 is 46.3. The van der Waals surface area contributed by atoms with Gasteiger partial charge < -0.3 is 15.8 Å². The molecule has 0 saturated heterocycles. The van der Waals surface area contributed by atoms with E-state index in [1.54, 1.807) is 13.1 Å². The molecule has 2 heterocycles. The molecule has 0 amide bonds. The molecule has 142 valence electrons. The van der Waals surface area contributed by atoms with Gasteiger partial charge >= 0.3 is 6.18 Å². The van der Waals surface area contributed by atoms with Gasteiger partial charge in [0.1, 0.15) is 17.1 Å². The van der Waals surface area contributed by atoms with Gasteiger partial charge in [0.05, 0.1) is 19.9 Å². The van der Waals surface area contributed by atoms with Crippen molar-refractivity contribution in [1.29, 1.82) is 0 Å². The fourth-order valence-corrected chi connectivity index (χ4v) is 2.55. The fraction of sp³-hybridized carbons (Fsp3) is 0.267. The van der Waals surface area contributed by atoms with Crippen molar-refractivity contribution < 1.29 is 17.9 Å². The first kappa shape index (κ1) is 18.4. The van der Waals surface area contributed by atoms with Gasteiger partial charge in [0.25, 0.3) is 0 Å². The zero-order valence-corrected chi connectivity index (χ0v) is 14.5. The Morgan fingerprint density at radius 1 is 1.22 bits per heavy atom. The Labute approximate surface area is 151 Å². The van der Waals surface area contributed by atoms with E-state index in [0.29, 0.717) is 11.4 Å². The molecule has 0 bridgehead atoms. The van der Waals surface area contributed by atoms with Crippen molar-refractivity contribution in [3.63, 3.8) is 0 Å². The van der Waals surface area contributed by atoms with Crippen LogP contribution in [0.1, 0.15) is 5.56 Å². The molecule has 0 unspecified atom stereocenters. The van der Waals surface area contributed by atoms with Crippen molar-refractivity contribution in [2.75, 3.05) is 25.2 Å². The summed E-state index contributed by atoms with van der Waals surface area (Å²) in [5.74, 6) is -0.280. The number of aromatic nitrogens is 6. The number of methoxy groups -OCH3 is 1. The van der Waals surface area contributed by atoms with Crippen LogP contribution in [-0.2, 0) is 13.2 Å². The van der Waals surface area contributed by atoms with Crippen molar-refractivity contribution >= 4 is 11.8 Å². The summed E-state index contributed by atoms with van der Waals surface area (Å²) in [6, 6.07) is 4.48. The van der Waals surface area contributed by atoms with E-state index in [4.69, 9.17) is 10.5 Å². The molecule has 3 N–H and O–H groups in total. The second kappa shape index (κ2) is 6.70. The first-order valence-electron chi connectivity index (χ1n) is 7.59. The average molecular weight is 380 g/mol. The Morgan fingerprint density at radius 2 is 1.96 bits per heavy atom. The Bertz CT molecular complexity index is 986. The van der Waals surface area contributed by atoms with Gasteiger partial charge in [0, 0.05) is 18.2 Å². The molecule has 0 aliphatic carbocycles. The number of benzene rings is 1. The predicted octanol–water partition coefficient (Wildman–Crippen LogP) is 1.99. The van der Waals surface area contributed by atoms with Gasteiger partial charge in [-0.3, -0.25) is 0 Å².